The van der Waals surface area contributed by atoms with E-state index in [-0.39, 0.29) is 31.2 Å². The zero-order chi connectivity index (χ0) is 22.2. The summed E-state index contributed by atoms with van der Waals surface area (Å²) >= 11 is 0. The maximum Gasteiger partial charge on any atom is 0.294 e. The first-order chi connectivity index (χ1) is 15.0. The maximum absolute atomic E-state index is 13.1. The van der Waals surface area contributed by atoms with E-state index in [9.17, 15) is 4.79 Å². The zero-order valence-electron chi connectivity index (χ0n) is 18.1. The van der Waals surface area contributed by atoms with Crippen LogP contribution in [0.3, 0.4) is 0 Å². The molecule has 6 heteroatoms. The van der Waals surface area contributed by atoms with Gasteiger partial charge >= 0.3 is 0 Å². The molecule has 0 atom stereocenters. The number of nitriles is 1. The van der Waals surface area contributed by atoms with Crippen LogP contribution in [0.5, 0.6) is 11.5 Å². The molecule has 3 rings (SSSR count). The monoisotopic (exact) mass is 418 g/mol. The van der Waals surface area contributed by atoms with E-state index in [4.69, 9.17) is 19.2 Å². The van der Waals surface area contributed by atoms with Gasteiger partial charge in [-0.05, 0) is 68.8 Å². The number of amides is 1. The summed E-state index contributed by atoms with van der Waals surface area (Å²) in [5, 5.41) is 9.00. The van der Waals surface area contributed by atoms with Crippen LogP contribution < -0.4 is 14.4 Å². The molecule has 0 unspecified atom stereocenters. The van der Waals surface area contributed by atoms with Crippen LogP contribution in [0.1, 0.15) is 40.8 Å². The van der Waals surface area contributed by atoms with E-state index in [1.807, 2.05) is 32.9 Å². The fourth-order valence-electron chi connectivity index (χ4n) is 3.21. The fraction of sp³-hybridized carbons (Fsp3) is 0.280. The molecule has 3 aromatic rings. The number of hydrogen-bond donors (Lipinski definition) is 0. The van der Waals surface area contributed by atoms with Gasteiger partial charge in [0.1, 0.15) is 23.9 Å². The summed E-state index contributed by atoms with van der Waals surface area (Å²) in [6.45, 7) is 6.98. The van der Waals surface area contributed by atoms with Gasteiger partial charge in [-0.1, -0.05) is 17.7 Å². The number of aryl methyl sites for hydroxylation is 2. The Bertz CT molecular complexity index is 1060. The number of benzene rings is 2. The summed E-state index contributed by atoms with van der Waals surface area (Å²) in [4.78, 5) is 14.6. The highest BCUT2D eigenvalue weighted by Crippen LogP contribution is 2.24. The lowest BCUT2D eigenvalue weighted by Gasteiger charge is -2.21. The van der Waals surface area contributed by atoms with Crippen molar-refractivity contribution in [3.05, 3.63) is 77.2 Å². The van der Waals surface area contributed by atoms with Crippen LogP contribution in [-0.4, -0.2) is 19.1 Å². The molecule has 0 aliphatic heterocycles. The van der Waals surface area contributed by atoms with E-state index in [2.05, 4.69) is 12.1 Å². The van der Waals surface area contributed by atoms with Gasteiger partial charge < -0.3 is 18.8 Å². The molecule has 0 saturated heterocycles. The quantitative estimate of drug-likeness (QED) is 0.463. The normalized spacial score (nSPS) is 10.4. The second kappa shape index (κ2) is 10.4. The lowest BCUT2D eigenvalue weighted by molar-refractivity contribution is 0.0956. The first-order valence-electron chi connectivity index (χ1n) is 10.2. The molecule has 0 aliphatic rings. The number of nitrogens with zero attached hydrogens (tertiary/aromatic N) is 2. The number of hydrogen-bond acceptors (Lipinski definition) is 5. The first-order valence-corrected chi connectivity index (χ1v) is 10.2. The number of furan rings is 1. The Balaban J connectivity index is 1.72. The van der Waals surface area contributed by atoms with Gasteiger partial charge in [-0.3, -0.25) is 4.79 Å². The van der Waals surface area contributed by atoms with Crippen LogP contribution >= 0.6 is 0 Å². The third-order valence-electron chi connectivity index (χ3n) is 4.72. The molecule has 0 N–H and O–H groups in total. The minimum absolute atomic E-state index is 0.200. The van der Waals surface area contributed by atoms with Crippen molar-refractivity contribution in [3.63, 3.8) is 0 Å². The smallest absolute Gasteiger partial charge is 0.294 e. The number of carbonyl (C=O) groups excluding carboxylic acids is 1. The predicted octanol–water partition coefficient (Wildman–Crippen LogP) is 5.43. The first kappa shape index (κ1) is 22.0. The Morgan fingerprint density at radius 2 is 1.84 bits per heavy atom. The van der Waals surface area contributed by atoms with E-state index >= 15 is 0 Å². The van der Waals surface area contributed by atoms with Gasteiger partial charge in [-0.2, -0.15) is 5.26 Å². The molecule has 1 heterocycles. The molecule has 1 aromatic heterocycles. The number of anilines is 1. The van der Waals surface area contributed by atoms with Crippen molar-refractivity contribution in [2.75, 3.05) is 18.1 Å². The largest absolute Gasteiger partial charge is 0.494 e. The van der Waals surface area contributed by atoms with E-state index < -0.39 is 0 Å². The van der Waals surface area contributed by atoms with Gasteiger partial charge in [0.25, 0.3) is 5.91 Å². The molecule has 6 nitrogen and oxygen atoms in total. The molecule has 160 valence electrons. The Kier molecular flexibility index (Phi) is 7.34. The molecule has 0 fully saturated rings. The fourth-order valence-corrected chi connectivity index (χ4v) is 3.21. The van der Waals surface area contributed by atoms with Crippen LogP contribution in [0, 0.1) is 25.2 Å². The standard InChI is InChI=1S/C25H26N2O4/c1-4-29-21-9-7-20(8-10-21)27(15-5-14-26)25(28)24-13-11-22(31-24)17-30-23-12-6-18(2)16-19(23)3/h6-13,16H,4-5,15,17H2,1-3H3. The van der Waals surface area contributed by atoms with E-state index in [0.29, 0.717) is 18.1 Å². The van der Waals surface area contributed by atoms with Crippen molar-refractivity contribution in [2.45, 2.75) is 33.8 Å². The van der Waals surface area contributed by atoms with Crippen LogP contribution in [0.4, 0.5) is 5.69 Å². The summed E-state index contributed by atoms with van der Waals surface area (Å²) < 4.78 is 17.1. The lowest BCUT2D eigenvalue weighted by atomic mass is 10.1. The van der Waals surface area contributed by atoms with Crippen LogP contribution in [0.25, 0.3) is 0 Å². The van der Waals surface area contributed by atoms with Crippen molar-refractivity contribution in [2.24, 2.45) is 0 Å². The molecule has 0 radical (unpaired) electrons. The topological polar surface area (TPSA) is 75.7 Å². The van der Waals surface area contributed by atoms with Gasteiger partial charge in [0.15, 0.2) is 5.76 Å². The molecule has 31 heavy (non-hydrogen) atoms. The SMILES string of the molecule is CCOc1ccc(N(CCC#N)C(=O)c2ccc(COc3ccc(C)cc3C)o2)cc1. The highest BCUT2D eigenvalue weighted by molar-refractivity contribution is 6.04. The molecule has 0 saturated carbocycles. The zero-order valence-corrected chi connectivity index (χ0v) is 18.1. The Morgan fingerprint density at radius 1 is 1.06 bits per heavy atom. The summed E-state index contributed by atoms with van der Waals surface area (Å²) in [7, 11) is 0. The molecule has 1 amide bonds. The van der Waals surface area contributed by atoms with E-state index in [0.717, 1.165) is 17.1 Å². The number of ether oxygens (including phenoxy) is 2. The third kappa shape index (κ3) is 5.67. The van der Waals surface area contributed by atoms with Gasteiger partial charge in [0, 0.05) is 12.2 Å². The van der Waals surface area contributed by atoms with E-state index in [1.165, 1.54) is 10.5 Å². The minimum Gasteiger partial charge on any atom is -0.494 e. The van der Waals surface area contributed by atoms with E-state index in [1.54, 1.807) is 36.4 Å². The van der Waals surface area contributed by atoms with Crippen molar-refractivity contribution in [1.82, 2.24) is 0 Å². The van der Waals surface area contributed by atoms with Crippen LogP contribution in [0.15, 0.2) is 59.0 Å². The molecule has 0 aliphatic carbocycles. The maximum atomic E-state index is 13.1. The summed E-state index contributed by atoms with van der Waals surface area (Å²) in [6.07, 6.45) is 0.211. The van der Waals surface area contributed by atoms with Crippen molar-refractivity contribution in [3.8, 4) is 17.6 Å². The van der Waals surface area contributed by atoms with Crippen LogP contribution in [-0.2, 0) is 6.61 Å². The number of carbonyl (C=O) groups is 1. The van der Waals surface area contributed by atoms with Crippen LogP contribution in [0.2, 0.25) is 0 Å². The van der Waals surface area contributed by atoms with Gasteiger partial charge in [-0.15, -0.1) is 0 Å². The van der Waals surface area contributed by atoms with Gasteiger partial charge in [0.2, 0.25) is 0 Å². The summed E-state index contributed by atoms with van der Waals surface area (Å²) in [5.74, 6) is 1.95. The highest BCUT2D eigenvalue weighted by Gasteiger charge is 2.21. The molecule has 0 bridgehead atoms. The lowest BCUT2D eigenvalue weighted by Crippen LogP contribution is -2.31. The minimum atomic E-state index is -0.308. The molecule has 0 spiro atoms. The number of rotatable bonds is 9. The summed E-state index contributed by atoms with van der Waals surface area (Å²) in [6, 6.07) is 18.6. The summed E-state index contributed by atoms with van der Waals surface area (Å²) in [5.41, 5.74) is 2.89. The second-order valence-corrected chi connectivity index (χ2v) is 7.12. The van der Waals surface area contributed by atoms with Gasteiger partial charge in [-0.25, -0.2) is 0 Å². The van der Waals surface area contributed by atoms with Gasteiger partial charge in [0.05, 0.1) is 19.1 Å². The Hall–Kier alpha value is -3.72. The third-order valence-corrected chi connectivity index (χ3v) is 4.72. The average Bonchev–Trinajstić information content (AvgIpc) is 3.23. The highest BCUT2D eigenvalue weighted by atomic mass is 16.5. The molecular formula is C25H26N2O4. The van der Waals surface area contributed by atoms with Crippen molar-refractivity contribution >= 4 is 11.6 Å². The molecular weight excluding hydrogens is 392 g/mol. The Morgan fingerprint density at radius 3 is 2.52 bits per heavy atom. The van der Waals surface area contributed by atoms with Crippen molar-refractivity contribution < 1.29 is 18.7 Å². The second-order valence-electron chi connectivity index (χ2n) is 7.12. The molecule has 2 aromatic carbocycles. The Labute approximate surface area is 182 Å². The average molecular weight is 418 g/mol. The van der Waals surface area contributed by atoms with Crippen molar-refractivity contribution in [1.29, 1.82) is 5.26 Å². The predicted molar refractivity (Wildman–Crippen MR) is 118 cm³/mol.